The van der Waals surface area contributed by atoms with Crippen molar-refractivity contribution in [3.63, 3.8) is 0 Å². The normalized spacial score (nSPS) is 36.7. The third-order valence-electron chi connectivity index (χ3n) is 4.76. The Morgan fingerprint density at radius 3 is 2.61 bits per heavy atom. The van der Waals surface area contributed by atoms with Crippen molar-refractivity contribution in [1.29, 1.82) is 0 Å². The zero-order valence-corrected chi connectivity index (χ0v) is 12.2. The van der Waals surface area contributed by atoms with Gasteiger partial charge < -0.3 is 11.1 Å². The average molecular weight is 250 g/mol. The van der Waals surface area contributed by atoms with Gasteiger partial charge in [-0.15, -0.1) is 0 Å². The molecule has 0 aromatic carbocycles. The molecule has 2 rings (SSSR count). The molecule has 0 amide bonds. The Morgan fingerprint density at radius 2 is 2.06 bits per heavy atom. The summed E-state index contributed by atoms with van der Waals surface area (Å²) < 4.78 is 0. The summed E-state index contributed by atoms with van der Waals surface area (Å²) in [6, 6.07) is 0. The molecule has 0 aliphatic heterocycles. The monoisotopic (exact) mass is 250 g/mol. The molecule has 3 N–H and O–H groups in total. The minimum absolute atomic E-state index is 0.218. The molecule has 2 heteroatoms. The van der Waals surface area contributed by atoms with E-state index in [0.717, 1.165) is 24.9 Å². The van der Waals surface area contributed by atoms with Gasteiger partial charge in [0, 0.05) is 12.1 Å². The van der Waals surface area contributed by atoms with Gasteiger partial charge in [-0.25, -0.2) is 0 Å². The first kappa shape index (κ1) is 14.1. The highest BCUT2D eigenvalue weighted by atomic mass is 15.0. The lowest BCUT2D eigenvalue weighted by Crippen LogP contribution is -2.55. The van der Waals surface area contributed by atoms with E-state index in [1.807, 2.05) is 0 Å². The van der Waals surface area contributed by atoms with E-state index in [1.165, 1.54) is 44.9 Å². The Balaban J connectivity index is 1.83. The zero-order chi connectivity index (χ0) is 13.0. The summed E-state index contributed by atoms with van der Waals surface area (Å²) >= 11 is 0. The van der Waals surface area contributed by atoms with Gasteiger partial charge in [-0.1, -0.05) is 25.5 Å². The van der Waals surface area contributed by atoms with Gasteiger partial charge in [0.15, 0.2) is 0 Å². The van der Waals surface area contributed by atoms with Gasteiger partial charge in [0.1, 0.15) is 0 Å². The fourth-order valence-corrected chi connectivity index (χ4v) is 4.11. The van der Waals surface area contributed by atoms with Crippen molar-refractivity contribution in [2.24, 2.45) is 17.6 Å². The molecular weight excluding hydrogens is 220 g/mol. The molecule has 1 fully saturated rings. The second kappa shape index (κ2) is 6.21. The van der Waals surface area contributed by atoms with Crippen molar-refractivity contribution in [3.8, 4) is 0 Å². The minimum atomic E-state index is 0.218. The van der Waals surface area contributed by atoms with Crippen LogP contribution >= 0.6 is 0 Å². The molecule has 0 spiro atoms. The number of hydrogen-bond donors (Lipinski definition) is 2. The lowest BCUT2D eigenvalue weighted by molar-refractivity contribution is 0.151. The smallest absolute Gasteiger partial charge is 0.0309 e. The Morgan fingerprint density at radius 1 is 1.33 bits per heavy atom. The van der Waals surface area contributed by atoms with Crippen LogP contribution in [0.4, 0.5) is 0 Å². The average Bonchev–Trinajstić information content (AvgIpc) is 2.81. The molecule has 2 aliphatic carbocycles. The van der Waals surface area contributed by atoms with E-state index in [2.05, 4.69) is 25.2 Å². The van der Waals surface area contributed by atoms with Crippen LogP contribution in [0.5, 0.6) is 0 Å². The molecule has 2 aliphatic rings. The lowest BCUT2D eigenvalue weighted by atomic mass is 9.71. The third kappa shape index (κ3) is 3.58. The molecular formula is C16H30N2. The molecule has 0 saturated heterocycles. The first-order valence-electron chi connectivity index (χ1n) is 7.76. The van der Waals surface area contributed by atoms with Crippen LogP contribution in [0, 0.1) is 11.8 Å². The fraction of sp³-hybridized carbons (Fsp3) is 0.875. The highest BCUT2D eigenvalue weighted by Crippen LogP contribution is 2.35. The topological polar surface area (TPSA) is 38.0 Å². The Kier molecular flexibility index (Phi) is 4.85. The van der Waals surface area contributed by atoms with Crippen molar-refractivity contribution in [2.45, 2.75) is 64.3 Å². The zero-order valence-electron chi connectivity index (χ0n) is 12.2. The summed E-state index contributed by atoms with van der Waals surface area (Å²) in [5.74, 6) is 1.63. The fourth-order valence-electron chi connectivity index (χ4n) is 4.11. The van der Waals surface area contributed by atoms with E-state index in [9.17, 15) is 0 Å². The summed E-state index contributed by atoms with van der Waals surface area (Å²) in [4.78, 5) is 0. The van der Waals surface area contributed by atoms with Crippen LogP contribution in [0.1, 0.15) is 58.8 Å². The van der Waals surface area contributed by atoms with Crippen molar-refractivity contribution in [2.75, 3.05) is 13.1 Å². The van der Waals surface area contributed by atoms with Crippen LogP contribution < -0.4 is 11.1 Å². The maximum Gasteiger partial charge on any atom is 0.0309 e. The van der Waals surface area contributed by atoms with Gasteiger partial charge in [-0.3, -0.25) is 0 Å². The maximum atomic E-state index is 6.08. The summed E-state index contributed by atoms with van der Waals surface area (Å²) in [7, 11) is 0. The summed E-state index contributed by atoms with van der Waals surface area (Å²) in [5, 5.41) is 3.81. The summed E-state index contributed by atoms with van der Waals surface area (Å²) in [6.07, 6.45) is 11.5. The molecule has 0 radical (unpaired) electrons. The lowest BCUT2D eigenvalue weighted by Gasteiger charge is -2.43. The van der Waals surface area contributed by atoms with Crippen molar-refractivity contribution in [1.82, 2.24) is 5.32 Å². The van der Waals surface area contributed by atoms with Crippen molar-refractivity contribution < 1.29 is 0 Å². The van der Waals surface area contributed by atoms with Crippen LogP contribution in [-0.2, 0) is 0 Å². The van der Waals surface area contributed by atoms with Gasteiger partial charge in [0.25, 0.3) is 0 Å². The molecule has 104 valence electrons. The predicted molar refractivity (Wildman–Crippen MR) is 78.5 cm³/mol. The number of hydrogen-bond acceptors (Lipinski definition) is 2. The SMILES string of the molecule is CC1CC(C)CC(CN)(NCCC2=CCCC2)C1. The van der Waals surface area contributed by atoms with Crippen molar-refractivity contribution in [3.05, 3.63) is 11.6 Å². The Labute approximate surface area is 112 Å². The van der Waals surface area contributed by atoms with Gasteiger partial charge >= 0.3 is 0 Å². The second-order valence-corrected chi connectivity index (χ2v) is 6.77. The minimum Gasteiger partial charge on any atom is -0.329 e. The maximum absolute atomic E-state index is 6.08. The van der Waals surface area contributed by atoms with E-state index in [-0.39, 0.29) is 5.54 Å². The second-order valence-electron chi connectivity index (χ2n) is 6.77. The summed E-state index contributed by atoms with van der Waals surface area (Å²) in [5.41, 5.74) is 7.96. The molecule has 0 bridgehead atoms. The number of rotatable bonds is 5. The van der Waals surface area contributed by atoms with E-state index < -0.39 is 0 Å². The van der Waals surface area contributed by atoms with E-state index >= 15 is 0 Å². The molecule has 2 atom stereocenters. The molecule has 18 heavy (non-hydrogen) atoms. The first-order chi connectivity index (χ1) is 8.63. The molecule has 2 nitrogen and oxygen atoms in total. The van der Waals surface area contributed by atoms with Crippen LogP contribution in [0.2, 0.25) is 0 Å². The molecule has 0 aromatic rings. The molecule has 1 saturated carbocycles. The largest absolute Gasteiger partial charge is 0.329 e. The molecule has 0 aromatic heterocycles. The van der Waals surface area contributed by atoms with Gasteiger partial charge in [0.05, 0.1) is 0 Å². The van der Waals surface area contributed by atoms with Crippen LogP contribution in [0.15, 0.2) is 11.6 Å². The van der Waals surface area contributed by atoms with E-state index in [0.29, 0.717) is 0 Å². The molecule has 0 heterocycles. The predicted octanol–water partition coefficient (Wildman–Crippen LogP) is 3.23. The Bertz CT molecular complexity index is 285. The first-order valence-corrected chi connectivity index (χ1v) is 7.76. The third-order valence-corrected chi connectivity index (χ3v) is 4.76. The summed E-state index contributed by atoms with van der Waals surface area (Å²) in [6.45, 7) is 6.66. The Hall–Kier alpha value is -0.340. The van der Waals surface area contributed by atoms with Crippen LogP contribution in [-0.4, -0.2) is 18.6 Å². The van der Waals surface area contributed by atoms with E-state index in [4.69, 9.17) is 5.73 Å². The number of nitrogens with two attached hydrogens (primary N) is 1. The highest BCUT2D eigenvalue weighted by Gasteiger charge is 2.36. The van der Waals surface area contributed by atoms with Gasteiger partial charge in [-0.2, -0.15) is 0 Å². The van der Waals surface area contributed by atoms with Gasteiger partial charge in [-0.05, 0) is 63.3 Å². The number of nitrogens with one attached hydrogen (secondary N) is 1. The van der Waals surface area contributed by atoms with Crippen LogP contribution in [0.25, 0.3) is 0 Å². The molecule has 2 unspecified atom stereocenters. The standard InChI is InChI=1S/C16H30N2/c1-13-9-14(2)11-16(10-13,12-17)18-8-7-15-5-3-4-6-15/h5,13-14,18H,3-4,6-12,17H2,1-2H3. The van der Waals surface area contributed by atoms with Gasteiger partial charge in [0.2, 0.25) is 0 Å². The number of allylic oxidation sites excluding steroid dienone is 1. The quantitative estimate of drug-likeness (QED) is 0.735. The van der Waals surface area contributed by atoms with Crippen LogP contribution in [0.3, 0.4) is 0 Å². The van der Waals surface area contributed by atoms with E-state index in [1.54, 1.807) is 5.57 Å². The van der Waals surface area contributed by atoms with Crippen molar-refractivity contribution >= 4 is 0 Å². The highest BCUT2D eigenvalue weighted by molar-refractivity contribution is 5.08.